The van der Waals surface area contributed by atoms with E-state index < -0.39 is 0 Å². The molecule has 0 bridgehead atoms. The minimum Gasteiger partial charge on any atom is -0.324 e. The maximum Gasteiger partial charge on any atom is 0.243 e. The van der Waals surface area contributed by atoms with Crippen LogP contribution >= 0.6 is 15.9 Å². The summed E-state index contributed by atoms with van der Waals surface area (Å²) in [7, 11) is 1.98. The molecule has 1 aliphatic heterocycles. The zero-order valence-corrected chi connectivity index (χ0v) is 12.3. The second-order valence-electron chi connectivity index (χ2n) is 4.67. The summed E-state index contributed by atoms with van der Waals surface area (Å²) in [5, 5.41) is 6.21. The lowest BCUT2D eigenvalue weighted by atomic mass is 10.1. The number of halogens is 1. The van der Waals surface area contributed by atoms with Crippen molar-refractivity contribution in [3.63, 3.8) is 0 Å². The molecule has 1 fully saturated rings. The van der Waals surface area contributed by atoms with Gasteiger partial charge in [-0.3, -0.25) is 9.69 Å². The van der Waals surface area contributed by atoms with E-state index in [-0.39, 0.29) is 11.9 Å². The molecule has 0 spiro atoms. The number of benzene rings is 1. The van der Waals surface area contributed by atoms with Crippen molar-refractivity contribution in [2.75, 3.05) is 32.0 Å². The summed E-state index contributed by atoms with van der Waals surface area (Å²) in [6, 6.07) is 5.81. The fraction of sp³-hybridized carbons (Fsp3) is 0.462. The number of hydrogen-bond acceptors (Lipinski definition) is 3. The van der Waals surface area contributed by atoms with Crippen molar-refractivity contribution in [1.82, 2.24) is 10.2 Å². The van der Waals surface area contributed by atoms with Gasteiger partial charge in [0.25, 0.3) is 0 Å². The lowest BCUT2D eigenvalue weighted by molar-refractivity contribution is -0.121. The van der Waals surface area contributed by atoms with Crippen molar-refractivity contribution in [3.8, 4) is 0 Å². The average molecular weight is 312 g/mol. The summed E-state index contributed by atoms with van der Waals surface area (Å²) >= 11 is 3.47. The highest BCUT2D eigenvalue weighted by atomic mass is 79.9. The number of carbonyl (C=O) groups is 1. The Morgan fingerprint density at radius 2 is 2.33 bits per heavy atom. The van der Waals surface area contributed by atoms with Crippen LogP contribution in [0.5, 0.6) is 0 Å². The van der Waals surface area contributed by atoms with Crippen LogP contribution in [-0.4, -0.2) is 43.5 Å². The molecule has 1 aromatic carbocycles. The van der Waals surface area contributed by atoms with Crippen molar-refractivity contribution in [3.05, 3.63) is 28.2 Å². The second kappa shape index (κ2) is 5.82. The SMILES string of the molecule is Cc1ccc(NC(=O)C2CNCCN2C)c(Br)c1. The molecule has 0 saturated carbocycles. The number of nitrogens with one attached hydrogen (secondary N) is 2. The lowest BCUT2D eigenvalue weighted by Crippen LogP contribution is -2.54. The van der Waals surface area contributed by atoms with E-state index in [4.69, 9.17) is 0 Å². The van der Waals surface area contributed by atoms with E-state index in [0.717, 1.165) is 28.8 Å². The third-order valence-electron chi connectivity index (χ3n) is 3.20. The van der Waals surface area contributed by atoms with Crippen LogP contribution < -0.4 is 10.6 Å². The third-order valence-corrected chi connectivity index (χ3v) is 3.85. The fourth-order valence-corrected chi connectivity index (χ4v) is 2.63. The number of carbonyl (C=O) groups excluding carboxylic acids is 1. The van der Waals surface area contributed by atoms with E-state index in [1.165, 1.54) is 0 Å². The Morgan fingerprint density at radius 1 is 1.56 bits per heavy atom. The largest absolute Gasteiger partial charge is 0.324 e. The number of piperazine rings is 1. The molecule has 1 atom stereocenters. The molecule has 1 aromatic rings. The van der Waals surface area contributed by atoms with Crippen LogP contribution in [0.4, 0.5) is 5.69 Å². The number of rotatable bonds is 2. The Kier molecular flexibility index (Phi) is 4.37. The predicted octanol–water partition coefficient (Wildman–Crippen LogP) is 1.60. The number of amides is 1. The molecule has 1 amide bonds. The van der Waals surface area contributed by atoms with Gasteiger partial charge in [0.1, 0.15) is 6.04 Å². The van der Waals surface area contributed by atoms with Crippen LogP contribution in [0.15, 0.2) is 22.7 Å². The Bertz CT molecular complexity index is 450. The van der Waals surface area contributed by atoms with Crippen molar-refractivity contribution in [2.45, 2.75) is 13.0 Å². The van der Waals surface area contributed by atoms with E-state index in [2.05, 4.69) is 31.5 Å². The first-order valence-electron chi connectivity index (χ1n) is 6.06. The Hall–Kier alpha value is -0.910. The van der Waals surface area contributed by atoms with Crippen molar-refractivity contribution >= 4 is 27.5 Å². The topological polar surface area (TPSA) is 44.4 Å². The second-order valence-corrected chi connectivity index (χ2v) is 5.53. The molecule has 18 heavy (non-hydrogen) atoms. The highest BCUT2D eigenvalue weighted by Crippen LogP contribution is 2.23. The van der Waals surface area contributed by atoms with E-state index in [0.29, 0.717) is 6.54 Å². The summed E-state index contributed by atoms with van der Waals surface area (Å²) in [6.45, 7) is 4.56. The normalized spacial score (nSPS) is 20.7. The van der Waals surface area contributed by atoms with Gasteiger partial charge in [0.05, 0.1) is 5.69 Å². The predicted molar refractivity (Wildman–Crippen MR) is 76.8 cm³/mol. The number of nitrogens with zero attached hydrogens (tertiary/aromatic N) is 1. The Balaban J connectivity index is 2.06. The zero-order valence-electron chi connectivity index (χ0n) is 10.7. The Labute approximate surface area is 116 Å². The van der Waals surface area contributed by atoms with Crippen molar-refractivity contribution in [2.24, 2.45) is 0 Å². The van der Waals surface area contributed by atoms with Crippen molar-refractivity contribution < 1.29 is 4.79 Å². The number of hydrogen-bond donors (Lipinski definition) is 2. The first-order valence-corrected chi connectivity index (χ1v) is 6.85. The molecule has 2 rings (SSSR count). The molecule has 1 aliphatic rings. The van der Waals surface area contributed by atoms with Crippen LogP contribution in [0.1, 0.15) is 5.56 Å². The molecular formula is C13H18BrN3O. The number of aryl methyl sites for hydroxylation is 1. The van der Waals surface area contributed by atoms with Crippen LogP contribution in [0, 0.1) is 6.92 Å². The smallest absolute Gasteiger partial charge is 0.243 e. The van der Waals surface area contributed by atoms with E-state index in [1.54, 1.807) is 0 Å². The highest BCUT2D eigenvalue weighted by molar-refractivity contribution is 9.10. The summed E-state index contributed by atoms with van der Waals surface area (Å²) in [4.78, 5) is 14.3. The van der Waals surface area contributed by atoms with Gasteiger partial charge in [-0.25, -0.2) is 0 Å². The van der Waals surface area contributed by atoms with Gasteiger partial charge in [0.15, 0.2) is 0 Å². The minimum absolute atomic E-state index is 0.0363. The van der Waals surface area contributed by atoms with Gasteiger partial charge in [0, 0.05) is 24.1 Å². The molecule has 5 heteroatoms. The van der Waals surface area contributed by atoms with Crippen LogP contribution in [-0.2, 0) is 4.79 Å². The summed E-state index contributed by atoms with van der Waals surface area (Å²) in [5.74, 6) is 0.0363. The molecule has 0 aliphatic carbocycles. The van der Waals surface area contributed by atoms with E-state index in [1.807, 2.05) is 32.2 Å². The highest BCUT2D eigenvalue weighted by Gasteiger charge is 2.25. The van der Waals surface area contributed by atoms with Gasteiger partial charge in [-0.15, -0.1) is 0 Å². The Morgan fingerprint density at radius 3 is 3.00 bits per heavy atom. The summed E-state index contributed by atoms with van der Waals surface area (Å²) < 4.78 is 0.919. The number of likely N-dealkylation sites (N-methyl/N-ethyl adjacent to an activating group) is 1. The fourth-order valence-electron chi connectivity index (χ4n) is 2.04. The monoisotopic (exact) mass is 311 g/mol. The van der Waals surface area contributed by atoms with Crippen LogP contribution in [0.3, 0.4) is 0 Å². The summed E-state index contributed by atoms with van der Waals surface area (Å²) in [6.07, 6.45) is 0. The molecule has 0 aromatic heterocycles. The molecule has 98 valence electrons. The van der Waals surface area contributed by atoms with Crippen molar-refractivity contribution in [1.29, 1.82) is 0 Å². The first kappa shape index (κ1) is 13.5. The summed E-state index contributed by atoms with van der Waals surface area (Å²) in [5.41, 5.74) is 1.99. The molecule has 2 N–H and O–H groups in total. The van der Waals surface area contributed by atoms with E-state index in [9.17, 15) is 4.79 Å². The van der Waals surface area contributed by atoms with Gasteiger partial charge in [-0.2, -0.15) is 0 Å². The van der Waals surface area contributed by atoms with Crippen LogP contribution in [0.25, 0.3) is 0 Å². The maximum atomic E-state index is 12.2. The molecule has 4 nitrogen and oxygen atoms in total. The van der Waals surface area contributed by atoms with Gasteiger partial charge >= 0.3 is 0 Å². The van der Waals surface area contributed by atoms with Crippen LogP contribution in [0.2, 0.25) is 0 Å². The maximum absolute atomic E-state index is 12.2. The zero-order chi connectivity index (χ0) is 13.1. The van der Waals surface area contributed by atoms with Gasteiger partial charge in [0.2, 0.25) is 5.91 Å². The molecule has 1 saturated heterocycles. The lowest BCUT2D eigenvalue weighted by Gasteiger charge is -2.31. The first-order chi connectivity index (χ1) is 8.58. The van der Waals surface area contributed by atoms with Gasteiger partial charge in [-0.1, -0.05) is 6.07 Å². The van der Waals surface area contributed by atoms with Gasteiger partial charge < -0.3 is 10.6 Å². The van der Waals surface area contributed by atoms with Gasteiger partial charge in [-0.05, 0) is 47.6 Å². The third kappa shape index (κ3) is 3.10. The molecule has 1 heterocycles. The molecular weight excluding hydrogens is 294 g/mol. The van der Waals surface area contributed by atoms with E-state index >= 15 is 0 Å². The number of anilines is 1. The quantitative estimate of drug-likeness (QED) is 0.872. The minimum atomic E-state index is -0.105. The molecule has 0 radical (unpaired) electrons. The average Bonchev–Trinajstić information content (AvgIpc) is 2.33. The standard InChI is InChI=1S/C13H18BrN3O/c1-9-3-4-11(10(14)7-9)16-13(18)12-8-15-5-6-17(12)2/h3-4,7,12,15H,5-6,8H2,1-2H3,(H,16,18). The molecule has 1 unspecified atom stereocenters.